The van der Waals surface area contributed by atoms with Crippen LogP contribution in [-0.2, 0) is 4.79 Å². The monoisotopic (exact) mass is 300 g/mol. The van der Waals surface area contributed by atoms with Crippen LogP contribution in [0.3, 0.4) is 0 Å². The van der Waals surface area contributed by atoms with Crippen molar-refractivity contribution in [2.45, 2.75) is 6.92 Å². The lowest BCUT2D eigenvalue weighted by Gasteiger charge is -2.09. The summed E-state index contributed by atoms with van der Waals surface area (Å²) in [6.07, 6.45) is 0. The largest absolute Gasteiger partial charge is 0.484 e. The molecule has 0 aliphatic rings. The summed E-state index contributed by atoms with van der Waals surface area (Å²) in [7, 11) is 0. The van der Waals surface area contributed by atoms with Crippen LogP contribution in [0, 0.1) is 18.3 Å². The third-order valence-electron chi connectivity index (χ3n) is 2.85. The molecule has 21 heavy (non-hydrogen) atoms. The predicted molar refractivity (Wildman–Crippen MR) is 81.5 cm³/mol. The van der Waals surface area contributed by atoms with E-state index in [9.17, 15) is 4.79 Å². The zero-order valence-corrected chi connectivity index (χ0v) is 12.1. The summed E-state index contributed by atoms with van der Waals surface area (Å²) in [6, 6.07) is 14.1. The molecule has 5 heteroatoms. The highest BCUT2D eigenvalue weighted by molar-refractivity contribution is 6.31. The molecule has 2 aromatic carbocycles. The Labute approximate surface area is 127 Å². The minimum absolute atomic E-state index is 0.128. The molecule has 0 radical (unpaired) electrons. The predicted octanol–water partition coefficient (Wildman–Crippen LogP) is 3.54. The summed E-state index contributed by atoms with van der Waals surface area (Å²) in [5.74, 6) is 0.184. The van der Waals surface area contributed by atoms with Crippen molar-refractivity contribution in [3.8, 4) is 11.8 Å². The van der Waals surface area contributed by atoms with Crippen LogP contribution in [0.25, 0.3) is 0 Å². The molecule has 0 saturated carbocycles. The Morgan fingerprint density at radius 1 is 1.33 bits per heavy atom. The number of halogens is 1. The fourth-order valence-corrected chi connectivity index (χ4v) is 1.94. The summed E-state index contributed by atoms with van der Waals surface area (Å²) >= 11 is 5.89. The highest BCUT2D eigenvalue weighted by Gasteiger charge is 2.07. The van der Waals surface area contributed by atoms with E-state index in [1.807, 2.05) is 37.3 Å². The molecule has 2 rings (SSSR count). The van der Waals surface area contributed by atoms with Gasteiger partial charge >= 0.3 is 0 Å². The van der Waals surface area contributed by atoms with Gasteiger partial charge in [0.2, 0.25) is 0 Å². The van der Waals surface area contributed by atoms with E-state index in [2.05, 4.69) is 5.32 Å². The van der Waals surface area contributed by atoms with E-state index in [-0.39, 0.29) is 12.5 Å². The van der Waals surface area contributed by atoms with Gasteiger partial charge in [0.25, 0.3) is 5.91 Å². The zero-order chi connectivity index (χ0) is 15.2. The summed E-state index contributed by atoms with van der Waals surface area (Å²) < 4.78 is 5.35. The van der Waals surface area contributed by atoms with Gasteiger partial charge < -0.3 is 10.1 Å². The molecule has 106 valence electrons. The summed E-state index contributed by atoms with van der Waals surface area (Å²) in [5, 5.41) is 11.8. The molecule has 0 aliphatic heterocycles. The van der Waals surface area contributed by atoms with E-state index >= 15 is 0 Å². The summed E-state index contributed by atoms with van der Waals surface area (Å²) in [6.45, 7) is 1.79. The number of anilines is 1. The summed E-state index contributed by atoms with van der Waals surface area (Å²) in [5.41, 5.74) is 2.10. The van der Waals surface area contributed by atoms with E-state index in [4.69, 9.17) is 21.6 Å². The van der Waals surface area contributed by atoms with Gasteiger partial charge in [-0.3, -0.25) is 4.79 Å². The van der Waals surface area contributed by atoms with Gasteiger partial charge in [-0.2, -0.15) is 5.26 Å². The number of ether oxygens (including phenoxy) is 1. The maximum absolute atomic E-state index is 11.8. The minimum atomic E-state index is -0.259. The van der Waals surface area contributed by atoms with Crippen LogP contribution in [-0.4, -0.2) is 12.5 Å². The summed E-state index contributed by atoms with van der Waals surface area (Å²) in [4.78, 5) is 11.8. The lowest BCUT2D eigenvalue weighted by atomic mass is 10.2. The molecule has 0 unspecified atom stereocenters. The number of amides is 1. The van der Waals surface area contributed by atoms with Gasteiger partial charge in [-0.15, -0.1) is 0 Å². The van der Waals surface area contributed by atoms with E-state index in [1.165, 1.54) is 6.07 Å². The Hall–Kier alpha value is -2.51. The smallest absolute Gasteiger partial charge is 0.262 e. The zero-order valence-electron chi connectivity index (χ0n) is 11.4. The number of benzene rings is 2. The first-order chi connectivity index (χ1) is 10.1. The van der Waals surface area contributed by atoms with Crippen LogP contribution in [0.1, 0.15) is 11.1 Å². The van der Waals surface area contributed by atoms with Gasteiger partial charge in [-0.25, -0.2) is 0 Å². The molecule has 4 nitrogen and oxygen atoms in total. The quantitative estimate of drug-likeness (QED) is 0.939. The molecular formula is C16H13ClN2O2. The topological polar surface area (TPSA) is 62.1 Å². The number of nitrogens with zero attached hydrogens (tertiary/aromatic N) is 1. The van der Waals surface area contributed by atoms with Crippen molar-refractivity contribution in [1.29, 1.82) is 5.26 Å². The first kappa shape index (κ1) is 14.9. The van der Waals surface area contributed by atoms with Crippen LogP contribution in [0.15, 0.2) is 42.5 Å². The molecule has 2 aromatic rings. The Morgan fingerprint density at radius 2 is 2.10 bits per heavy atom. The second-order valence-electron chi connectivity index (χ2n) is 4.41. The number of hydrogen-bond acceptors (Lipinski definition) is 3. The second-order valence-corrected chi connectivity index (χ2v) is 4.81. The molecule has 1 amide bonds. The Kier molecular flexibility index (Phi) is 4.81. The molecule has 0 bridgehead atoms. The van der Waals surface area contributed by atoms with E-state index in [0.29, 0.717) is 16.3 Å². The maximum Gasteiger partial charge on any atom is 0.262 e. The molecule has 1 N–H and O–H groups in total. The Morgan fingerprint density at radius 3 is 2.76 bits per heavy atom. The molecule has 0 atom stereocenters. The van der Waals surface area contributed by atoms with Crippen molar-refractivity contribution in [2.24, 2.45) is 0 Å². The number of carbonyl (C=O) groups excluding carboxylic acids is 1. The van der Waals surface area contributed by atoms with Crippen molar-refractivity contribution in [2.75, 3.05) is 11.9 Å². The number of carbonyl (C=O) groups is 1. The fourth-order valence-electron chi connectivity index (χ4n) is 1.72. The maximum atomic E-state index is 11.8. The molecule has 0 heterocycles. The molecular weight excluding hydrogens is 288 g/mol. The van der Waals surface area contributed by atoms with Crippen LogP contribution in [0.4, 0.5) is 5.69 Å². The van der Waals surface area contributed by atoms with Gasteiger partial charge in [0.15, 0.2) is 6.61 Å². The van der Waals surface area contributed by atoms with Crippen LogP contribution in [0.2, 0.25) is 5.02 Å². The number of aryl methyl sites for hydroxylation is 1. The normalized spacial score (nSPS) is 9.76. The molecule has 0 spiro atoms. The van der Waals surface area contributed by atoms with Crippen molar-refractivity contribution < 1.29 is 9.53 Å². The standard InChI is InChI=1S/C16H13ClN2O2/c1-11-4-2-3-5-15(11)19-16(20)10-21-13-7-6-12(9-18)14(17)8-13/h2-8H,10H2,1H3,(H,19,20). The number of nitriles is 1. The Bertz CT molecular complexity index is 708. The van der Waals surface area contributed by atoms with E-state index < -0.39 is 0 Å². The van der Waals surface area contributed by atoms with Crippen molar-refractivity contribution in [3.63, 3.8) is 0 Å². The molecule has 0 fully saturated rings. The first-order valence-electron chi connectivity index (χ1n) is 6.28. The van der Waals surface area contributed by atoms with E-state index in [0.717, 1.165) is 11.3 Å². The van der Waals surface area contributed by atoms with Crippen molar-refractivity contribution in [1.82, 2.24) is 0 Å². The van der Waals surface area contributed by atoms with Gasteiger partial charge in [0.05, 0.1) is 10.6 Å². The fraction of sp³-hybridized carbons (Fsp3) is 0.125. The number of para-hydroxylation sites is 1. The third kappa shape index (κ3) is 3.98. The van der Waals surface area contributed by atoms with Gasteiger partial charge in [-0.1, -0.05) is 29.8 Å². The van der Waals surface area contributed by atoms with Gasteiger partial charge in [0, 0.05) is 11.8 Å². The Balaban J connectivity index is 1.94. The molecule has 0 saturated heterocycles. The second kappa shape index (κ2) is 6.78. The van der Waals surface area contributed by atoms with Gasteiger partial charge in [-0.05, 0) is 30.7 Å². The highest BCUT2D eigenvalue weighted by atomic mass is 35.5. The minimum Gasteiger partial charge on any atom is -0.484 e. The van der Waals surface area contributed by atoms with Crippen LogP contribution in [0.5, 0.6) is 5.75 Å². The average Bonchev–Trinajstić information content (AvgIpc) is 2.48. The average molecular weight is 301 g/mol. The van der Waals surface area contributed by atoms with E-state index in [1.54, 1.807) is 12.1 Å². The number of rotatable bonds is 4. The lowest BCUT2D eigenvalue weighted by molar-refractivity contribution is -0.118. The molecule has 0 aromatic heterocycles. The number of nitrogens with one attached hydrogen (secondary N) is 1. The highest BCUT2D eigenvalue weighted by Crippen LogP contribution is 2.22. The van der Waals surface area contributed by atoms with Crippen molar-refractivity contribution >= 4 is 23.2 Å². The molecule has 0 aliphatic carbocycles. The van der Waals surface area contributed by atoms with Crippen LogP contribution >= 0.6 is 11.6 Å². The van der Waals surface area contributed by atoms with Crippen molar-refractivity contribution in [3.05, 3.63) is 58.6 Å². The third-order valence-corrected chi connectivity index (χ3v) is 3.16. The lowest BCUT2D eigenvalue weighted by Crippen LogP contribution is -2.20. The first-order valence-corrected chi connectivity index (χ1v) is 6.66. The van der Waals surface area contributed by atoms with Crippen LogP contribution < -0.4 is 10.1 Å². The number of hydrogen-bond donors (Lipinski definition) is 1. The SMILES string of the molecule is Cc1ccccc1NC(=O)COc1ccc(C#N)c(Cl)c1. The van der Waals surface area contributed by atoms with Gasteiger partial charge in [0.1, 0.15) is 11.8 Å².